The molecule has 1 saturated heterocycles. The van der Waals surface area contributed by atoms with Crippen molar-refractivity contribution in [2.45, 2.75) is 26.2 Å². The van der Waals surface area contributed by atoms with Crippen LogP contribution < -0.4 is 20.9 Å². The summed E-state index contributed by atoms with van der Waals surface area (Å²) in [5.74, 6) is -3.07. The minimum atomic E-state index is -1.63. The number of aryl methyl sites for hydroxylation is 1. The van der Waals surface area contributed by atoms with Crippen LogP contribution in [0, 0.1) is 24.4 Å². The van der Waals surface area contributed by atoms with Gasteiger partial charge in [0.2, 0.25) is 5.95 Å². The highest BCUT2D eigenvalue weighted by atomic mass is 19.2. The number of benzene rings is 1. The van der Waals surface area contributed by atoms with Crippen molar-refractivity contribution in [2.24, 2.45) is 0 Å². The van der Waals surface area contributed by atoms with Crippen molar-refractivity contribution in [2.75, 3.05) is 41.7 Å². The van der Waals surface area contributed by atoms with Crippen LogP contribution in [0.5, 0.6) is 0 Å². The minimum absolute atomic E-state index is 0.188. The third-order valence-corrected chi connectivity index (χ3v) is 4.50. The molecule has 1 fully saturated rings. The molecule has 1 aliphatic heterocycles. The Labute approximate surface area is 166 Å². The van der Waals surface area contributed by atoms with Crippen LogP contribution in [0.3, 0.4) is 0 Å². The summed E-state index contributed by atoms with van der Waals surface area (Å²) < 4.78 is 39.7. The number of aromatic nitrogens is 2. The van der Waals surface area contributed by atoms with E-state index in [1.165, 1.54) is 6.42 Å². The lowest BCUT2D eigenvalue weighted by Gasteiger charge is -2.28. The van der Waals surface area contributed by atoms with Crippen molar-refractivity contribution in [3.8, 4) is 0 Å². The van der Waals surface area contributed by atoms with E-state index in [4.69, 9.17) is 0 Å². The smallest absolute Gasteiger partial charge is 0.319 e. The molecule has 10 heteroatoms. The Balaban J connectivity index is 1.48. The Kier molecular flexibility index (Phi) is 6.73. The first-order valence-electron chi connectivity index (χ1n) is 9.47. The van der Waals surface area contributed by atoms with E-state index in [0.717, 1.165) is 49.6 Å². The van der Waals surface area contributed by atoms with E-state index in [2.05, 4.69) is 30.8 Å². The Morgan fingerprint density at radius 1 is 1.07 bits per heavy atom. The van der Waals surface area contributed by atoms with Crippen LogP contribution in [-0.2, 0) is 0 Å². The molecular formula is C19H23F3N6O. The molecule has 0 atom stereocenters. The lowest BCUT2D eigenvalue weighted by molar-refractivity contribution is 0.252. The number of urea groups is 1. The molecule has 156 valence electrons. The predicted octanol–water partition coefficient (Wildman–Crippen LogP) is 3.43. The molecule has 0 spiro atoms. The molecule has 3 rings (SSSR count). The highest BCUT2D eigenvalue weighted by Crippen LogP contribution is 2.20. The van der Waals surface area contributed by atoms with Crippen LogP contribution in [0.4, 0.5) is 35.4 Å². The maximum Gasteiger partial charge on any atom is 0.319 e. The van der Waals surface area contributed by atoms with Gasteiger partial charge in [0, 0.05) is 37.9 Å². The van der Waals surface area contributed by atoms with Crippen LogP contribution in [0.2, 0.25) is 0 Å². The normalized spacial score (nSPS) is 13.9. The maximum atomic E-state index is 13.6. The molecule has 0 bridgehead atoms. The summed E-state index contributed by atoms with van der Waals surface area (Å²) in [6.07, 6.45) is 3.51. The average molecular weight is 408 g/mol. The van der Waals surface area contributed by atoms with Gasteiger partial charge in [0.25, 0.3) is 0 Å². The zero-order valence-corrected chi connectivity index (χ0v) is 16.1. The second kappa shape index (κ2) is 9.44. The van der Waals surface area contributed by atoms with Gasteiger partial charge in [-0.25, -0.2) is 22.9 Å². The topological polar surface area (TPSA) is 82.2 Å². The van der Waals surface area contributed by atoms with E-state index in [1.807, 2.05) is 13.0 Å². The first-order valence-corrected chi connectivity index (χ1v) is 9.47. The number of hydrogen-bond acceptors (Lipinski definition) is 5. The molecule has 1 aromatic carbocycles. The summed E-state index contributed by atoms with van der Waals surface area (Å²) in [6, 6.07) is 2.90. The summed E-state index contributed by atoms with van der Waals surface area (Å²) in [6.45, 7) is 4.35. The molecule has 1 aliphatic rings. The summed E-state index contributed by atoms with van der Waals surface area (Å²) in [4.78, 5) is 22.9. The molecule has 0 saturated carbocycles. The second-order valence-corrected chi connectivity index (χ2v) is 6.77. The number of carbonyl (C=O) groups excluding carboxylic acids is 1. The monoisotopic (exact) mass is 408 g/mol. The quantitative estimate of drug-likeness (QED) is 0.504. The van der Waals surface area contributed by atoms with Gasteiger partial charge in [0.15, 0.2) is 17.5 Å². The lowest BCUT2D eigenvalue weighted by atomic mass is 10.1. The molecule has 2 amide bonds. The van der Waals surface area contributed by atoms with E-state index >= 15 is 0 Å². The van der Waals surface area contributed by atoms with Gasteiger partial charge in [-0.2, -0.15) is 4.98 Å². The first kappa shape index (κ1) is 20.7. The average Bonchev–Trinajstić information content (AvgIpc) is 2.72. The van der Waals surface area contributed by atoms with Crippen LogP contribution in [0.15, 0.2) is 18.2 Å². The van der Waals surface area contributed by atoms with Crippen LogP contribution >= 0.6 is 0 Å². The molecule has 2 aromatic rings. The van der Waals surface area contributed by atoms with Crippen molar-refractivity contribution in [3.63, 3.8) is 0 Å². The lowest BCUT2D eigenvalue weighted by Crippen LogP contribution is -2.33. The van der Waals surface area contributed by atoms with Crippen molar-refractivity contribution in [1.29, 1.82) is 0 Å². The Hall–Kier alpha value is -3.04. The zero-order valence-electron chi connectivity index (χ0n) is 16.1. The number of halogens is 3. The van der Waals surface area contributed by atoms with Crippen molar-refractivity contribution >= 4 is 23.5 Å². The van der Waals surface area contributed by atoms with E-state index in [0.29, 0.717) is 12.5 Å². The second-order valence-electron chi connectivity index (χ2n) is 6.77. The summed E-state index contributed by atoms with van der Waals surface area (Å²) in [5.41, 5.74) is 0.394. The number of nitrogens with one attached hydrogen (secondary N) is 3. The van der Waals surface area contributed by atoms with E-state index in [1.54, 1.807) is 0 Å². The predicted molar refractivity (Wildman–Crippen MR) is 105 cm³/mol. The Morgan fingerprint density at radius 2 is 1.83 bits per heavy atom. The molecule has 1 aromatic heterocycles. The Morgan fingerprint density at radius 3 is 2.59 bits per heavy atom. The van der Waals surface area contributed by atoms with E-state index < -0.39 is 29.2 Å². The molecular weight excluding hydrogens is 385 g/mol. The van der Waals surface area contributed by atoms with Gasteiger partial charge in [-0.05, 0) is 38.3 Å². The number of anilines is 3. The number of carbonyl (C=O) groups is 1. The third-order valence-electron chi connectivity index (χ3n) is 4.50. The molecule has 2 heterocycles. The standard InChI is InChI=1S/C19H23F3N6O/c1-12-11-15(28-9-3-2-4-10-28)27-18(25-12)23-7-8-24-19(29)26-14-6-5-13(20)16(21)17(14)22/h5-6,11H,2-4,7-10H2,1H3,(H,23,25,27)(H2,24,26,29). The van der Waals surface area contributed by atoms with Crippen LogP contribution in [-0.4, -0.2) is 42.2 Å². The fourth-order valence-corrected chi connectivity index (χ4v) is 3.06. The molecule has 0 radical (unpaired) electrons. The fraction of sp³-hybridized carbons (Fsp3) is 0.421. The SMILES string of the molecule is Cc1cc(N2CCCCC2)nc(NCCNC(=O)Nc2ccc(F)c(F)c2F)n1. The van der Waals surface area contributed by atoms with Gasteiger partial charge in [0.05, 0.1) is 5.69 Å². The molecule has 7 nitrogen and oxygen atoms in total. The third kappa shape index (κ3) is 5.49. The van der Waals surface area contributed by atoms with Crippen molar-refractivity contribution < 1.29 is 18.0 Å². The van der Waals surface area contributed by atoms with Gasteiger partial charge < -0.3 is 20.9 Å². The number of hydrogen-bond donors (Lipinski definition) is 3. The van der Waals surface area contributed by atoms with Crippen LogP contribution in [0.1, 0.15) is 25.0 Å². The summed E-state index contributed by atoms with van der Waals surface area (Å²) >= 11 is 0. The first-order chi connectivity index (χ1) is 13.9. The van der Waals surface area contributed by atoms with E-state index in [-0.39, 0.29) is 6.54 Å². The molecule has 3 N–H and O–H groups in total. The molecule has 0 aliphatic carbocycles. The summed E-state index contributed by atoms with van der Waals surface area (Å²) in [5, 5.41) is 7.67. The number of piperidine rings is 1. The number of rotatable bonds is 6. The highest BCUT2D eigenvalue weighted by Gasteiger charge is 2.15. The zero-order chi connectivity index (χ0) is 20.8. The van der Waals surface area contributed by atoms with Gasteiger partial charge in [0.1, 0.15) is 5.82 Å². The van der Waals surface area contributed by atoms with Crippen molar-refractivity contribution in [1.82, 2.24) is 15.3 Å². The fourth-order valence-electron chi connectivity index (χ4n) is 3.06. The molecule has 29 heavy (non-hydrogen) atoms. The minimum Gasteiger partial charge on any atom is -0.356 e. The maximum absolute atomic E-state index is 13.6. The van der Waals surface area contributed by atoms with Gasteiger partial charge in [-0.3, -0.25) is 0 Å². The van der Waals surface area contributed by atoms with Gasteiger partial charge in [-0.1, -0.05) is 0 Å². The highest BCUT2D eigenvalue weighted by molar-refractivity contribution is 5.89. The van der Waals surface area contributed by atoms with Gasteiger partial charge in [-0.15, -0.1) is 0 Å². The summed E-state index contributed by atoms with van der Waals surface area (Å²) in [7, 11) is 0. The van der Waals surface area contributed by atoms with Crippen LogP contribution in [0.25, 0.3) is 0 Å². The van der Waals surface area contributed by atoms with Gasteiger partial charge >= 0.3 is 6.03 Å². The number of amides is 2. The number of nitrogens with zero attached hydrogens (tertiary/aromatic N) is 3. The van der Waals surface area contributed by atoms with E-state index in [9.17, 15) is 18.0 Å². The largest absolute Gasteiger partial charge is 0.356 e. The van der Waals surface area contributed by atoms with Crippen molar-refractivity contribution in [3.05, 3.63) is 41.3 Å². The molecule has 0 unspecified atom stereocenters. The Bertz CT molecular complexity index is 873.